The molecule has 0 unspecified atom stereocenters. The van der Waals surface area contributed by atoms with Crippen LogP contribution in [0.3, 0.4) is 0 Å². The van der Waals surface area contributed by atoms with Gasteiger partial charge in [-0.15, -0.1) is 21.5 Å². The molecule has 0 aliphatic rings. The average molecular weight is 645 g/mol. The van der Waals surface area contributed by atoms with Crippen LogP contribution in [0.25, 0.3) is 87.3 Å². The lowest BCUT2D eigenvalue weighted by atomic mass is 9.86. The van der Waals surface area contributed by atoms with Crippen LogP contribution in [-0.2, 0) is 0 Å². The Balaban J connectivity index is 1.40. The molecule has 0 fully saturated rings. The van der Waals surface area contributed by atoms with Gasteiger partial charge in [0, 0.05) is 43.1 Å². The van der Waals surface area contributed by atoms with Crippen molar-refractivity contribution in [1.82, 2.24) is 20.4 Å². The van der Waals surface area contributed by atoms with E-state index in [0.717, 1.165) is 56.0 Å². The molecule has 4 nitrogen and oxygen atoms in total. The number of hydrogen-bond acceptors (Lipinski definition) is 5. The summed E-state index contributed by atoms with van der Waals surface area (Å²) in [4.78, 5) is 5.04. The Kier molecular flexibility index (Phi) is 7.30. The number of pyridine rings is 1. The van der Waals surface area contributed by atoms with Crippen molar-refractivity contribution >= 4 is 31.5 Å². The monoisotopic (exact) mass is 644 g/mol. The summed E-state index contributed by atoms with van der Waals surface area (Å²) < 4.78 is 2.51. The molecule has 0 saturated heterocycles. The molecule has 9 aromatic rings. The fraction of sp³-hybridized carbons (Fsp3) is 0. The molecule has 3 aromatic heterocycles. The summed E-state index contributed by atoms with van der Waals surface area (Å²) in [5.74, 6) is 0. The van der Waals surface area contributed by atoms with Crippen LogP contribution in [0, 0.1) is 0 Å². The molecular formula is C44H28N4S. The quantitative estimate of drug-likeness (QED) is 0.181. The van der Waals surface area contributed by atoms with Crippen molar-refractivity contribution in [3.05, 3.63) is 170 Å². The number of fused-ring (bicyclic) bond motifs is 3. The van der Waals surface area contributed by atoms with Crippen molar-refractivity contribution in [3.63, 3.8) is 0 Å². The number of benzene rings is 6. The molecule has 0 spiro atoms. The molecule has 49 heavy (non-hydrogen) atoms. The van der Waals surface area contributed by atoms with Gasteiger partial charge in [-0.25, -0.2) is 0 Å². The summed E-state index contributed by atoms with van der Waals surface area (Å²) in [6, 6.07) is 57.1. The zero-order valence-corrected chi connectivity index (χ0v) is 27.2. The normalized spacial score (nSPS) is 11.3. The lowest BCUT2D eigenvalue weighted by molar-refractivity contribution is 0.878. The van der Waals surface area contributed by atoms with Crippen molar-refractivity contribution < 1.29 is 0 Å². The summed E-state index contributed by atoms with van der Waals surface area (Å²) in [5.41, 5.74) is 11.7. The molecule has 0 saturated carbocycles. The first kappa shape index (κ1) is 28.9. The molecule has 9 rings (SSSR count). The van der Waals surface area contributed by atoms with Crippen molar-refractivity contribution in [2.45, 2.75) is 0 Å². The van der Waals surface area contributed by atoms with E-state index in [2.05, 4.69) is 139 Å². The van der Waals surface area contributed by atoms with E-state index in [4.69, 9.17) is 15.2 Å². The van der Waals surface area contributed by atoms with Gasteiger partial charge in [0.2, 0.25) is 0 Å². The highest BCUT2D eigenvalue weighted by atomic mass is 32.1. The minimum absolute atomic E-state index is 0.732. The van der Waals surface area contributed by atoms with Gasteiger partial charge in [0.25, 0.3) is 0 Å². The largest absolute Gasteiger partial charge is 0.255 e. The number of nitrogens with zero attached hydrogens (tertiary/aromatic N) is 4. The standard InChI is InChI=1S/C44H28N4S/c1-4-15-29(16-5-1)32-26-27-38-40(36-23-12-13-25-37(36)49-38)39(32)34-21-10-11-22-35(34)44-41(42(46-48-47-44)31-19-8-3-9-20-31)43-33(24-14-28-45-43)30-17-6-2-7-18-30/h1-28H. The maximum Gasteiger partial charge on any atom is 0.107 e. The van der Waals surface area contributed by atoms with Crippen molar-refractivity contribution in [2.24, 2.45) is 0 Å². The van der Waals surface area contributed by atoms with Gasteiger partial charge in [0.05, 0.1) is 11.3 Å². The first-order valence-electron chi connectivity index (χ1n) is 16.2. The van der Waals surface area contributed by atoms with E-state index in [0.29, 0.717) is 0 Å². The zero-order valence-electron chi connectivity index (χ0n) is 26.4. The number of rotatable bonds is 6. The second-order valence-electron chi connectivity index (χ2n) is 11.9. The molecule has 0 aliphatic heterocycles. The zero-order chi connectivity index (χ0) is 32.6. The van der Waals surface area contributed by atoms with E-state index >= 15 is 0 Å². The fourth-order valence-corrected chi connectivity index (χ4v) is 7.97. The summed E-state index contributed by atoms with van der Waals surface area (Å²) in [6.45, 7) is 0. The smallest absolute Gasteiger partial charge is 0.107 e. The van der Waals surface area contributed by atoms with Gasteiger partial charge >= 0.3 is 0 Å². The Morgan fingerprint density at radius 1 is 0.367 bits per heavy atom. The van der Waals surface area contributed by atoms with E-state index in [1.54, 1.807) is 0 Å². The molecular weight excluding hydrogens is 617 g/mol. The highest BCUT2D eigenvalue weighted by Gasteiger charge is 2.25. The molecule has 6 aromatic carbocycles. The van der Waals surface area contributed by atoms with Gasteiger partial charge in [-0.2, -0.15) is 0 Å². The fourth-order valence-electron chi connectivity index (χ4n) is 6.85. The van der Waals surface area contributed by atoms with Crippen LogP contribution in [0.5, 0.6) is 0 Å². The number of thiophene rings is 1. The first-order valence-corrected chi connectivity index (χ1v) is 17.1. The molecule has 0 N–H and O–H groups in total. The Bertz CT molecular complexity index is 2600. The van der Waals surface area contributed by atoms with Crippen molar-refractivity contribution in [2.75, 3.05) is 0 Å². The van der Waals surface area contributed by atoms with Gasteiger partial charge in [-0.3, -0.25) is 4.98 Å². The molecule has 0 radical (unpaired) electrons. The van der Waals surface area contributed by atoms with Crippen LogP contribution in [0.4, 0.5) is 0 Å². The maximum absolute atomic E-state index is 5.04. The second-order valence-corrected chi connectivity index (χ2v) is 12.9. The Labute approximate surface area is 288 Å². The van der Waals surface area contributed by atoms with Gasteiger partial charge < -0.3 is 0 Å². The SMILES string of the molecule is c1ccc(-c2cccnc2-c2c(-c3ccccc3)nnnc2-c2ccccc2-c2c(-c3ccccc3)ccc3sc4ccccc4c23)cc1. The van der Waals surface area contributed by atoms with Crippen LogP contribution in [0.15, 0.2) is 170 Å². The molecule has 0 bridgehead atoms. The average Bonchev–Trinajstić information content (AvgIpc) is 3.57. The van der Waals surface area contributed by atoms with Gasteiger partial charge in [0.15, 0.2) is 0 Å². The van der Waals surface area contributed by atoms with Gasteiger partial charge in [-0.05, 0) is 51.2 Å². The third-order valence-corrected chi connectivity index (χ3v) is 10.2. The highest BCUT2D eigenvalue weighted by molar-refractivity contribution is 7.26. The molecule has 0 amide bonds. The Morgan fingerprint density at radius 2 is 0.959 bits per heavy atom. The molecule has 0 aliphatic carbocycles. The van der Waals surface area contributed by atoms with E-state index in [-0.39, 0.29) is 0 Å². The maximum atomic E-state index is 5.04. The Morgan fingerprint density at radius 3 is 1.71 bits per heavy atom. The van der Waals surface area contributed by atoms with E-state index in [1.165, 1.54) is 31.3 Å². The summed E-state index contributed by atoms with van der Waals surface area (Å²) in [6.07, 6.45) is 1.85. The van der Waals surface area contributed by atoms with E-state index in [9.17, 15) is 0 Å². The number of hydrogen-bond donors (Lipinski definition) is 0. The number of aromatic nitrogens is 4. The van der Waals surface area contributed by atoms with Gasteiger partial charge in [-0.1, -0.05) is 146 Å². The van der Waals surface area contributed by atoms with E-state index < -0.39 is 0 Å². The predicted molar refractivity (Wildman–Crippen MR) is 203 cm³/mol. The third-order valence-electron chi connectivity index (χ3n) is 9.02. The molecule has 230 valence electrons. The van der Waals surface area contributed by atoms with Crippen molar-refractivity contribution in [1.29, 1.82) is 0 Å². The minimum atomic E-state index is 0.732. The van der Waals surface area contributed by atoms with Crippen LogP contribution < -0.4 is 0 Å². The summed E-state index contributed by atoms with van der Waals surface area (Å²) >= 11 is 1.83. The van der Waals surface area contributed by atoms with Crippen LogP contribution in [0.2, 0.25) is 0 Å². The predicted octanol–water partition coefficient (Wildman–Crippen LogP) is 11.6. The van der Waals surface area contributed by atoms with Gasteiger partial charge in [0.1, 0.15) is 11.4 Å². The highest BCUT2D eigenvalue weighted by Crippen LogP contribution is 2.49. The van der Waals surface area contributed by atoms with E-state index in [1.807, 2.05) is 47.9 Å². The second kappa shape index (κ2) is 12.4. The lowest BCUT2D eigenvalue weighted by Crippen LogP contribution is -2.03. The summed E-state index contributed by atoms with van der Waals surface area (Å²) in [5, 5.41) is 16.5. The summed E-state index contributed by atoms with van der Waals surface area (Å²) in [7, 11) is 0. The molecule has 5 heteroatoms. The van der Waals surface area contributed by atoms with Crippen LogP contribution in [-0.4, -0.2) is 20.4 Å². The minimum Gasteiger partial charge on any atom is -0.255 e. The Hall–Kier alpha value is -6.30. The lowest BCUT2D eigenvalue weighted by Gasteiger charge is -2.19. The molecule has 0 atom stereocenters. The third kappa shape index (κ3) is 5.08. The van der Waals surface area contributed by atoms with Crippen LogP contribution >= 0.6 is 11.3 Å². The molecule has 3 heterocycles. The van der Waals surface area contributed by atoms with Crippen LogP contribution in [0.1, 0.15) is 0 Å². The topological polar surface area (TPSA) is 51.6 Å². The first-order chi connectivity index (χ1) is 24.3. The van der Waals surface area contributed by atoms with Crippen molar-refractivity contribution in [3.8, 4) is 67.2 Å².